The molecular formula is C11H14Cl2N2O5S. The van der Waals surface area contributed by atoms with E-state index in [1.807, 2.05) is 0 Å². The van der Waals surface area contributed by atoms with E-state index in [1.54, 1.807) is 0 Å². The number of sulfonamides is 1. The molecule has 1 amide bonds. The molecule has 1 aromatic rings. The standard InChI is InChI=1S/C11H14Cl2N2O5S/c1-19-5-4-15-9(16)6-20-7-2-3-8(21(14,17)18)11(13)10(7)12/h2-3H,4-6H2,1H3,(H,15,16)(H2,14,17,18). The molecule has 0 spiro atoms. The van der Waals surface area contributed by atoms with Gasteiger partial charge in [0.05, 0.1) is 11.6 Å². The molecule has 0 fully saturated rings. The summed E-state index contributed by atoms with van der Waals surface area (Å²) in [6.07, 6.45) is 0. The van der Waals surface area contributed by atoms with Gasteiger partial charge in [0.1, 0.15) is 15.7 Å². The van der Waals surface area contributed by atoms with Crippen molar-refractivity contribution in [3.8, 4) is 5.75 Å². The minimum atomic E-state index is -3.98. The zero-order valence-electron chi connectivity index (χ0n) is 11.1. The van der Waals surface area contributed by atoms with Crippen LogP contribution in [-0.4, -0.2) is 41.2 Å². The molecule has 0 saturated heterocycles. The maximum Gasteiger partial charge on any atom is 0.258 e. The summed E-state index contributed by atoms with van der Waals surface area (Å²) in [5, 5.41) is 7.14. The lowest BCUT2D eigenvalue weighted by Gasteiger charge is -2.11. The van der Waals surface area contributed by atoms with E-state index in [9.17, 15) is 13.2 Å². The van der Waals surface area contributed by atoms with Gasteiger partial charge in [-0.3, -0.25) is 4.79 Å². The van der Waals surface area contributed by atoms with Gasteiger partial charge in [0.25, 0.3) is 5.91 Å². The largest absolute Gasteiger partial charge is 0.482 e. The van der Waals surface area contributed by atoms with Crippen LogP contribution in [-0.2, 0) is 19.6 Å². The summed E-state index contributed by atoms with van der Waals surface area (Å²) >= 11 is 11.7. The van der Waals surface area contributed by atoms with Crippen LogP contribution in [0.25, 0.3) is 0 Å². The van der Waals surface area contributed by atoms with E-state index in [2.05, 4.69) is 5.32 Å². The Labute approximate surface area is 132 Å². The van der Waals surface area contributed by atoms with Crippen LogP contribution >= 0.6 is 23.2 Å². The quantitative estimate of drug-likeness (QED) is 0.702. The Kier molecular flexibility index (Phi) is 6.69. The first kappa shape index (κ1) is 18.0. The smallest absolute Gasteiger partial charge is 0.258 e. The summed E-state index contributed by atoms with van der Waals surface area (Å²) in [4.78, 5) is 11.1. The molecule has 21 heavy (non-hydrogen) atoms. The van der Waals surface area contributed by atoms with Crippen LogP contribution in [0.4, 0.5) is 0 Å². The molecule has 0 aliphatic rings. The molecule has 7 nitrogen and oxygen atoms in total. The SMILES string of the molecule is COCCNC(=O)COc1ccc(S(N)(=O)=O)c(Cl)c1Cl. The van der Waals surface area contributed by atoms with Gasteiger partial charge in [0, 0.05) is 13.7 Å². The second-order valence-electron chi connectivity index (χ2n) is 3.87. The van der Waals surface area contributed by atoms with Crippen molar-refractivity contribution in [2.75, 3.05) is 26.9 Å². The zero-order chi connectivity index (χ0) is 16.0. The van der Waals surface area contributed by atoms with Gasteiger partial charge < -0.3 is 14.8 Å². The summed E-state index contributed by atoms with van der Waals surface area (Å²) < 4.78 is 32.4. The summed E-state index contributed by atoms with van der Waals surface area (Å²) in [6.45, 7) is 0.424. The predicted molar refractivity (Wildman–Crippen MR) is 78.2 cm³/mol. The average molecular weight is 357 g/mol. The molecule has 0 aliphatic heterocycles. The number of carbonyl (C=O) groups excluding carboxylic acids is 1. The van der Waals surface area contributed by atoms with Gasteiger partial charge in [0.15, 0.2) is 6.61 Å². The maximum atomic E-state index is 11.4. The Bertz CT molecular complexity index is 621. The number of halogens is 2. The van der Waals surface area contributed by atoms with Crippen molar-refractivity contribution >= 4 is 39.1 Å². The Hall–Kier alpha value is -1.06. The van der Waals surface area contributed by atoms with E-state index in [1.165, 1.54) is 13.2 Å². The third-order valence-electron chi connectivity index (χ3n) is 2.31. The molecular weight excluding hydrogens is 343 g/mol. The fraction of sp³-hybridized carbons (Fsp3) is 0.364. The minimum absolute atomic E-state index is 0.0796. The number of methoxy groups -OCH3 is 1. The number of carbonyl (C=O) groups is 1. The molecule has 0 unspecified atom stereocenters. The van der Waals surface area contributed by atoms with E-state index < -0.39 is 10.0 Å². The zero-order valence-corrected chi connectivity index (χ0v) is 13.4. The highest BCUT2D eigenvalue weighted by molar-refractivity contribution is 7.89. The van der Waals surface area contributed by atoms with Crippen molar-refractivity contribution in [1.82, 2.24) is 5.32 Å². The first-order valence-corrected chi connectivity index (χ1v) is 7.97. The third kappa shape index (κ3) is 5.33. The van der Waals surface area contributed by atoms with Crippen molar-refractivity contribution in [1.29, 1.82) is 0 Å². The van der Waals surface area contributed by atoms with Gasteiger partial charge in [0.2, 0.25) is 10.0 Å². The second-order valence-corrected chi connectivity index (χ2v) is 6.15. The molecule has 0 aromatic heterocycles. The molecule has 118 valence electrons. The summed E-state index contributed by atoms with van der Waals surface area (Å²) in [7, 11) is -2.47. The molecule has 0 radical (unpaired) electrons. The third-order valence-corrected chi connectivity index (χ3v) is 4.23. The van der Waals surface area contributed by atoms with Crippen LogP contribution in [0.2, 0.25) is 10.0 Å². The van der Waals surface area contributed by atoms with E-state index in [4.69, 9.17) is 37.8 Å². The molecule has 0 aliphatic carbocycles. The maximum absolute atomic E-state index is 11.4. The Morgan fingerprint density at radius 3 is 2.57 bits per heavy atom. The molecule has 0 bridgehead atoms. The normalized spacial score (nSPS) is 11.2. The van der Waals surface area contributed by atoms with Gasteiger partial charge in [-0.15, -0.1) is 0 Å². The topological polar surface area (TPSA) is 108 Å². The molecule has 10 heteroatoms. The lowest BCUT2D eigenvalue weighted by molar-refractivity contribution is -0.123. The summed E-state index contributed by atoms with van der Waals surface area (Å²) in [6, 6.07) is 2.43. The number of primary sulfonamides is 1. The van der Waals surface area contributed by atoms with Crippen LogP contribution in [0.5, 0.6) is 5.75 Å². The van der Waals surface area contributed by atoms with Gasteiger partial charge in [-0.05, 0) is 12.1 Å². The van der Waals surface area contributed by atoms with E-state index in [0.717, 1.165) is 6.07 Å². The molecule has 1 rings (SSSR count). The van der Waals surface area contributed by atoms with E-state index >= 15 is 0 Å². The van der Waals surface area contributed by atoms with Gasteiger partial charge >= 0.3 is 0 Å². The fourth-order valence-corrected chi connectivity index (χ4v) is 2.70. The molecule has 3 N–H and O–H groups in total. The first-order chi connectivity index (χ1) is 9.77. The van der Waals surface area contributed by atoms with E-state index in [-0.39, 0.29) is 33.2 Å². The number of hydrogen-bond acceptors (Lipinski definition) is 5. The predicted octanol–water partition coefficient (Wildman–Crippen LogP) is 0.782. The molecule has 0 heterocycles. The number of nitrogens with one attached hydrogen (secondary N) is 1. The van der Waals surface area contributed by atoms with Crippen LogP contribution in [0.1, 0.15) is 0 Å². The van der Waals surface area contributed by atoms with Crippen molar-refractivity contribution < 1.29 is 22.7 Å². The number of hydrogen-bond donors (Lipinski definition) is 2. The molecule has 1 aromatic carbocycles. The highest BCUT2D eigenvalue weighted by Crippen LogP contribution is 2.36. The molecule has 0 atom stereocenters. The summed E-state index contributed by atoms with van der Waals surface area (Å²) in [5.41, 5.74) is 0. The number of ether oxygens (including phenoxy) is 2. The number of nitrogens with two attached hydrogens (primary N) is 1. The molecule has 0 saturated carbocycles. The van der Waals surface area contributed by atoms with Crippen molar-refractivity contribution in [3.63, 3.8) is 0 Å². The van der Waals surface area contributed by atoms with Crippen molar-refractivity contribution in [2.24, 2.45) is 5.14 Å². The average Bonchev–Trinajstić information content (AvgIpc) is 2.39. The number of amides is 1. The van der Waals surface area contributed by atoms with Gasteiger partial charge in [-0.1, -0.05) is 23.2 Å². The van der Waals surface area contributed by atoms with Crippen molar-refractivity contribution in [3.05, 3.63) is 22.2 Å². The number of rotatable bonds is 7. The van der Waals surface area contributed by atoms with Crippen molar-refractivity contribution in [2.45, 2.75) is 4.90 Å². The van der Waals surface area contributed by atoms with Crippen LogP contribution in [0, 0.1) is 0 Å². The lowest BCUT2D eigenvalue weighted by Crippen LogP contribution is -2.31. The first-order valence-electron chi connectivity index (χ1n) is 5.66. The number of benzene rings is 1. The Morgan fingerprint density at radius 1 is 1.33 bits per heavy atom. The highest BCUT2D eigenvalue weighted by Gasteiger charge is 2.19. The van der Waals surface area contributed by atoms with Gasteiger partial charge in [-0.25, -0.2) is 13.6 Å². The van der Waals surface area contributed by atoms with Crippen LogP contribution in [0.15, 0.2) is 17.0 Å². The monoisotopic (exact) mass is 356 g/mol. The fourth-order valence-electron chi connectivity index (χ4n) is 1.33. The van der Waals surface area contributed by atoms with E-state index in [0.29, 0.717) is 13.2 Å². The van der Waals surface area contributed by atoms with Crippen LogP contribution in [0.3, 0.4) is 0 Å². The summed E-state index contributed by atoms with van der Waals surface area (Å²) in [5.74, 6) is -0.300. The Balaban J connectivity index is 2.74. The van der Waals surface area contributed by atoms with Gasteiger partial charge in [-0.2, -0.15) is 0 Å². The Morgan fingerprint density at radius 2 is 2.00 bits per heavy atom. The lowest BCUT2D eigenvalue weighted by atomic mass is 10.3. The second kappa shape index (κ2) is 7.81. The van der Waals surface area contributed by atoms with Crippen LogP contribution < -0.4 is 15.2 Å². The highest BCUT2D eigenvalue weighted by atomic mass is 35.5. The minimum Gasteiger partial charge on any atom is -0.482 e.